The molecule has 0 spiro atoms. The van der Waals surface area contributed by atoms with E-state index in [9.17, 15) is 0 Å². The summed E-state index contributed by atoms with van der Waals surface area (Å²) < 4.78 is 0. The molecule has 0 radical (unpaired) electrons. The van der Waals surface area contributed by atoms with Gasteiger partial charge in [0.15, 0.2) is 0 Å². The predicted molar refractivity (Wildman–Crippen MR) is 100 cm³/mol. The van der Waals surface area contributed by atoms with E-state index >= 15 is 0 Å². The molecular weight excluding hydrogens is 321 g/mol. The van der Waals surface area contributed by atoms with Crippen LogP contribution in [-0.4, -0.2) is 23.1 Å². The molecule has 5 heteroatoms. The smallest absolute Gasteiger partial charge is 0.657 e. The van der Waals surface area contributed by atoms with Crippen LogP contribution in [-0.2, 0) is 0 Å². The Kier molecular flexibility index (Phi) is 4.03. The van der Waals surface area contributed by atoms with Gasteiger partial charge in [0.1, 0.15) is 0 Å². The van der Waals surface area contributed by atoms with Crippen LogP contribution in [0.15, 0.2) is 48.5 Å². The molecule has 114 valence electrons. The third-order valence-electron chi connectivity index (χ3n) is 4.04. The van der Waals surface area contributed by atoms with Gasteiger partial charge < -0.3 is 9.97 Å². The summed E-state index contributed by atoms with van der Waals surface area (Å²) >= 11 is 0. The zero-order valence-electron chi connectivity index (χ0n) is 13.5. The third-order valence-corrected chi connectivity index (χ3v) is 4.04. The van der Waals surface area contributed by atoms with Gasteiger partial charge in [0, 0.05) is 24.3 Å². The summed E-state index contributed by atoms with van der Waals surface area (Å²) in [5, 5.41) is 0. The maximum Gasteiger partial charge on any atom is 2.00 e. The van der Waals surface area contributed by atoms with E-state index in [0.717, 1.165) is 44.8 Å². The summed E-state index contributed by atoms with van der Waals surface area (Å²) in [6.45, 7) is 0. The van der Waals surface area contributed by atoms with Crippen molar-refractivity contribution in [2.75, 3.05) is 0 Å². The summed E-state index contributed by atoms with van der Waals surface area (Å²) in [5.74, 6) is 0. The minimum Gasteiger partial charge on any atom is -0.657 e. The Labute approximate surface area is 160 Å². The number of hydrogen-bond donors (Lipinski definition) is 0. The van der Waals surface area contributed by atoms with E-state index in [2.05, 4.69) is 44.2 Å². The summed E-state index contributed by atoms with van der Waals surface area (Å²) in [6.07, 6.45) is 8.20. The van der Waals surface area contributed by atoms with Crippen molar-refractivity contribution in [2.24, 2.45) is 0 Å². The quantitative estimate of drug-likeness (QED) is 0.408. The van der Waals surface area contributed by atoms with Gasteiger partial charge in [-0.25, -0.2) is 9.97 Å². The van der Waals surface area contributed by atoms with Crippen molar-refractivity contribution in [1.29, 1.82) is 0 Å². The Morgan fingerprint density at radius 1 is 0.480 bits per heavy atom. The first-order valence-corrected chi connectivity index (χ1v) is 7.85. The van der Waals surface area contributed by atoms with Crippen LogP contribution in [0.1, 0.15) is 22.8 Å². The summed E-state index contributed by atoms with van der Waals surface area (Å²) in [4.78, 5) is 16.0. The van der Waals surface area contributed by atoms with Crippen molar-refractivity contribution in [2.45, 2.75) is 0 Å². The molecule has 0 amide bonds. The standard InChI is InChI=1S/C20H12N4.Mg/c1-2-14-10-16-5-6-18(23-16)12-20-8-7-19(24-20)11-17-4-3-15(22-17)9-13(1)21-14;/h1-12H;/q-2;+2/p+2. The number of aromatic nitrogens is 4. The number of hydrogen-bond acceptors (Lipinski definition) is 0. The number of H-pyrrole nitrogens is 2. The first kappa shape index (κ1) is 15.9. The van der Waals surface area contributed by atoms with E-state index < -0.39 is 0 Å². The van der Waals surface area contributed by atoms with Crippen molar-refractivity contribution < 1.29 is 9.97 Å². The van der Waals surface area contributed by atoms with Crippen LogP contribution in [0.3, 0.4) is 0 Å². The predicted octanol–water partition coefficient (Wildman–Crippen LogP) is 2.37. The molecule has 2 aliphatic rings. The molecule has 3 aromatic heterocycles. The van der Waals surface area contributed by atoms with Crippen LogP contribution in [0.4, 0.5) is 0 Å². The van der Waals surface area contributed by atoms with Gasteiger partial charge in [0.2, 0.25) is 22.8 Å². The second kappa shape index (κ2) is 6.35. The summed E-state index contributed by atoms with van der Waals surface area (Å²) in [5.41, 5.74) is 7.86. The van der Waals surface area contributed by atoms with Crippen molar-refractivity contribution in [3.8, 4) is 0 Å². The van der Waals surface area contributed by atoms with Gasteiger partial charge in [-0.2, -0.15) is 0 Å². The number of fused-ring (bicyclic) bond motifs is 8. The van der Waals surface area contributed by atoms with Gasteiger partial charge in [-0.05, 0) is 24.3 Å². The molecule has 0 saturated carbocycles. The molecule has 2 N–H and O–H groups in total. The van der Waals surface area contributed by atoms with Crippen LogP contribution >= 0.6 is 0 Å². The van der Waals surface area contributed by atoms with E-state index in [1.165, 1.54) is 0 Å². The van der Waals surface area contributed by atoms with Gasteiger partial charge in [-0.15, -0.1) is 22.1 Å². The van der Waals surface area contributed by atoms with Crippen LogP contribution in [0, 0.1) is 0 Å². The van der Waals surface area contributed by atoms with Crippen molar-refractivity contribution in [3.63, 3.8) is 0 Å². The average molecular weight is 335 g/mol. The van der Waals surface area contributed by atoms with Gasteiger partial charge in [-0.3, -0.25) is 0 Å². The maximum absolute atomic E-state index is 4.63. The molecule has 4 nitrogen and oxygen atoms in total. The topological polar surface area (TPSA) is 56.5 Å². The molecule has 3 aromatic rings. The second-order valence-corrected chi connectivity index (χ2v) is 5.91. The molecule has 0 saturated heterocycles. The first-order chi connectivity index (χ1) is 11.8. The fourth-order valence-corrected chi connectivity index (χ4v) is 2.94. The fourth-order valence-electron chi connectivity index (χ4n) is 2.94. The minimum absolute atomic E-state index is 0. The van der Waals surface area contributed by atoms with Gasteiger partial charge in [0.25, 0.3) is 0 Å². The maximum atomic E-state index is 4.63. The van der Waals surface area contributed by atoms with Gasteiger partial charge >= 0.3 is 23.1 Å². The number of nitrogens with zero attached hydrogens (tertiary/aromatic N) is 2. The molecule has 5 rings (SSSR count). The van der Waals surface area contributed by atoms with Gasteiger partial charge in [0.05, 0.1) is 0 Å². The zero-order chi connectivity index (χ0) is 15.9. The fraction of sp³-hybridized carbons (Fsp3) is 0. The first-order valence-electron chi connectivity index (χ1n) is 7.85. The van der Waals surface area contributed by atoms with Crippen molar-refractivity contribution in [3.05, 3.63) is 71.3 Å². The number of rotatable bonds is 0. The van der Waals surface area contributed by atoms with E-state index in [1.54, 1.807) is 0 Å². The SMILES string of the molecule is C1=Cc2cc3ccc(cc4[nH+]c(cc5ccc(cc1[nH+]2)[n-]5)C=C4)[n-]3.[Mg+2]. The van der Waals surface area contributed by atoms with Gasteiger partial charge in [-0.1, -0.05) is 24.3 Å². The van der Waals surface area contributed by atoms with Crippen LogP contribution in [0.2, 0.25) is 0 Å². The Morgan fingerprint density at radius 2 is 0.760 bits per heavy atom. The van der Waals surface area contributed by atoms with Crippen molar-refractivity contribution in [1.82, 2.24) is 9.97 Å². The van der Waals surface area contributed by atoms with E-state index in [1.807, 2.05) is 48.5 Å². The normalized spacial score (nSPS) is 12.2. The molecule has 25 heavy (non-hydrogen) atoms. The molecule has 0 fully saturated rings. The molecule has 5 heterocycles. The van der Waals surface area contributed by atoms with E-state index in [4.69, 9.17) is 0 Å². The number of nitrogens with one attached hydrogen (secondary N) is 2. The van der Waals surface area contributed by atoms with Crippen LogP contribution in [0.25, 0.3) is 46.4 Å². The molecule has 0 unspecified atom stereocenters. The Morgan fingerprint density at radius 3 is 1.04 bits per heavy atom. The minimum atomic E-state index is 0. The third kappa shape index (κ3) is 3.29. The number of aromatic amines is 2. The second-order valence-electron chi connectivity index (χ2n) is 5.91. The van der Waals surface area contributed by atoms with Crippen LogP contribution < -0.4 is 19.9 Å². The Balaban J connectivity index is 0.00000157. The molecule has 0 aromatic carbocycles. The van der Waals surface area contributed by atoms with Crippen LogP contribution in [0.5, 0.6) is 0 Å². The van der Waals surface area contributed by atoms with E-state index in [-0.39, 0.29) is 23.1 Å². The molecule has 8 bridgehead atoms. The zero-order valence-corrected chi connectivity index (χ0v) is 14.9. The Hall–Kier alpha value is -2.63. The van der Waals surface area contributed by atoms with Crippen molar-refractivity contribution >= 4 is 69.4 Å². The van der Waals surface area contributed by atoms with E-state index in [0.29, 0.717) is 0 Å². The summed E-state index contributed by atoms with van der Waals surface area (Å²) in [6, 6.07) is 16.3. The average Bonchev–Trinajstić information content (AvgIpc) is 3.32. The summed E-state index contributed by atoms with van der Waals surface area (Å²) in [7, 11) is 0. The molecule has 0 aliphatic carbocycles. The largest absolute Gasteiger partial charge is 2.00 e. The molecular formula is C20H14MgN4+2. The molecule has 0 atom stereocenters. The Bertz CT molecular complexity index is 990. The molecule has 2 aliphatic heterocycles. The monoisotopic (exact) mass is 334 g/mol.